The van der Waals surface area contributed by atoms with Crippen LogP contribution in [0.4, 0.5) is 0 Å². The van der Waals surface area contributed by atoms with Gasteiger partial charge < -0.3 is 4.52 Å². The zero-order valence-corrected chi connectivity index (χ0v) is 8.12. The molecule has 4 heteroatoms. The van der Waals surface area contributed by atoms with Crippen LogP contribution >= 0.6 is 19.0 Å². The van der Waals surface area contributed by atoms with Crippen molar-refractivity contribution in [1.29, 1.82) is 0 Å². The Morgan fingerprint density at radius 2 is 2.10 bits per heavy atom. The summed E-state index contributed by atoms with van der Waals surface area (Å²) in [6, 6.07) is 0. The molecular formula is C6H14ClO2P. The molecule has 0 aliphatic rings. The Balaban J connectivity index is 3.83. The van der Waals surface area contributed by atoms with Crippen LogP contribution in [0.15, 0.2) is 0 Å². The van der Waals surface area contributed by atoms with Crippen LogP contribution in [0.3, 0.4) is 0 Å². The summed E-state index contributed by atoms with van der Waals surface area (Å²) in [5, 5.41) is 0. The maximum atomic E-state index is 11.4. The van der Waals surface area contributed by atoms with Crippen molar-refractivity contribution >= 4 is 19.0 Å². The van der Waals surface area contributed by atoms with Gasteiger partial charge in [-0.15, -0.1) is 11.6 Å². The van der Waals surface area contributed by atoms with Crippen LogP contribution < -0.4 is 0 Å². The quantitative estimate of drug-likeness (QED) is 0.485. The van der Waals surface area contributed by atoms with Gasteiger partial charge in [-0.1, -0.05) is 6.92 Å². The fourth-order valence-corrected chi connectivity index (χ4v) is 2.77. The molecule has 0 radical (unpaired) electrons. The first-order valence-corrected chi connectivity index (χ1v) is 6.00. The third-order valence-electron chi connectivity index (χ3n) is 1.11. The van der Waals surface area contributed by atoms with Crippen LogP contribution in [0.1, 0.15) is 20.3 Å². The molecule has 10 heavy (non-hydrogen) atoms. The van der Waals surface area contributed by atoms with Gasteiger partial charge in [-0.3, -0.25) is 4.57 Å². The normalized spacial score (nSPS) is 16.7. The molecule has 1 unspecified atom stereocenters. The zero-order chi connectivity index (χ0) is 8.04. The Bertz CT molecular complexity index is 117. The minimum atomic E-state index is -2.43. The first-order valence-electron chi connectivity index (χ1n) is 3.47. The summed E-state index contributed by atoms with van der Waals surface area (Å²) in [5.41, 5.74) is 0.147. The molecule has 0 aromatic heterocycles. The van der Waals surface area contributed by atoms with Gasteiger partial charge >= 0.3 is 0 Å². The van der Waals surface area contributed by atoms with Gasteiger partial charge in [-0.2, -0.15) is 0 Å². The monoisotopic (exact) mass is 184 g/mol. The van der Waals surface area contributed by atoms with Crippen molar-refractivity contribution in [3.05, 3.63) is 0 Å². The van der Waals surface area contributed by atoms with Crippen LogP contribution in [0.5, 0.6) is 0 Å². The highest BCUT2D eigenvalue weighted by atomic mass is 35.5. The Kier molecular flexibility index (Phi) is 5.42. The summed E-state index contributed by atoms with van der Waals surface area (Å²) < 4.78 is 16.5. The topological polar surface area (TPSA) is 26.3 Å². The molecule has 0 aromatic rings. The Morgan fingerprint density at radius 1 is 1.50 bits per heavy atom. The molecule has 0 rings (SSSR count). The first-order chi connectivity index (χ1) is 4.68. The van der Waals surface area contributed by atoms with Crippen molar-refractivity contribution in [3.8, 4) is 0 Å². The predicted octanol–water partition coefficient (Wildman–Crippen LogP) is 2.91. The Morgan fingerprint density at radius 3 is 2.40 bits per heavy atom. The van der Waals surface area contributed by atoms with Crippen molar-refractivity contribution in [1.82, 2.24) is 0 Å². The predicted molar refractivity (Wildman–Crippen MR) is 45.1 cm³/mol. The van der Waals surface area contributed by atoms with E-state index in [4.69, 9.17) is 16.1 Å². The van der Waals surface area contributed by atoms with Gasteiger partial charge in [0.1, 0.15) is 0 Å². The number of alkyl halides is 1. The molecule has 62 valence electrons. The number of hydrogen-bond acceptors (Lipinski definition) is 2. The SMILES string of the molecule is CCCP(=O)(CCl)OCC. The van der Waals surface area contributed by atoms with E-state index < -0.39 is 7.37 Å². The number of halogens is 1. The lowest BCUT2D eigenvalue weighted by molar-refractivity contribution is 0.336. The van der Waals surface area contributed by atoms with E-state index in [1.54, 1.807) is 0 Å². The standard InChI is InChI=1S/C6H14ClO2P/c1-3-5-10(8,6-7)9-4-2/h3-6H2,1-2H3. The molecule has 0 N–H and O–H groups in total. The van der Waals surface area contributed by atoms with E-state index in [9.17, 15) is 4.57 Å². The molecule has 0 bridgehead atoms. The van der Waals surface area contributed by atoms with Gasteiger partial charge in [0.05, 0.1) is 12.2 Å². The van der Waals surface area contributed by atoms with Crippen molar-refractivity contribution in [3.63, 3.8) is 0 Å². The number of rotatable bonds is 5. The first kappa shape index (κ1) is 10.5. The fraction of sp³-hybridized carbons (Fsp3) is 1.00. The summed E-state index contributed by atoms with van der Waals surface area (Å²) in [4.78, 5) is 0. The van der Waals surface area contributed by atoms with Crippen LogP contribution in [0.2, 0.25) is 0 Å². The molecule has 0 heterocycles. The minimum absolute atomic E-state index is 0.147. The van der Waals surface area contributed by atoms with Crippen LogP contribution in [0.25, 0.3) is 0 Å². The lowest BCUT2D eigenvalue weighted by atomic mass is 10.6. The second kappa shape index (κ2) is 5.17. The van der Waals surface area contributed by atoms with E-state index in [0.29, 0.717) is 12.8 Å². The van der Waals surface area contributed by atoms with Crippen molar-refractivity contribution in [2.75, 3.05) is 18.4 Å². The van der Waals surface area contributed by atoms with Crippen LogP contribution in [-0.4, -0.2) is 18.4 Å². The largest absolute Gasteiger partial charge is 0.328 e. The van der Waals surface area contributed by atoms with E-state index in [1.165, 1.54) is 0 Å². The van der Waals surface area contributed by atoms with Crippen molar-refractivity contribution < 1.29 is 9.09 Å². The van der Waals surface area contributed by atoms with Crippen molar-refractivity contribution in [2.45, 2.75) is 20.3 Å². The van der Waals surface area contributed by atoms with E-state index in [0.717, 1.165) is 6.42 Å². The molecule has 0 aliphatic carbocycles. The van der Waals surface area contributed by atoms with Gasteiger partial charge in [0.25, 0.3) is 0 Å². The van der Waals surface area contributed by atoms with E-state index in [-0.39, 0.29) is 5.62 Å². The minimum Gasteiger partial charge on any atom is -0.328 e. The van der Waals surface area contributed by atoms with Gasteiger partial charge in [0.15, 0.2) is 0 Å². The van der Waals surface area contributed by atoms with Crippen LogP contribution in [-0.2, 0) is 9.09 Å². The van der Waals surface area contributed by atoms with E-state index in [1.807, 2.05) is 13.8 Å². The average Bonchev–Trinajstić information content (AvgIpc) is 1.89. The highest BCUT2D eigenvalue weighted by Crippen LogP contribution is 2.47. The smallest absolute Gasteiger partial charge is 0.217 e. The number of hydrogen-bond donors (Lipinski definition) is 0. The molecule has 0 aromatic carbocycles. The maximum Gasteiger partial charge on any atom is 0.217 e. The molecule has 0 amide bonds. The molecule has 0 spiro atoms. The summed E-state index contributed by atoms with van der Waals surface area (Å²) >= 11 is 5.48. The van der Waals surface area contributed by atoms with Gasteiger partial charge in [0, 0.05) is 6.16 Å². The summed E-state index contributed by atoms with van der Waals surface area (Å²) in [5.74, 6) is 0. The third-order valence-corrected chi connectivity index (χ3v) is 4.42. The second-order valence-electron chi connectivity index (χ2n) is 2.08. The molecule has 0 fully saturated rings. The van der Waals surface area contributed by atoms with Gasteiger partial charge in [-0.05, 0) is 13.3 Å². The molecule has 1 atom stereocenters. The second-order valence-corrected chi connectivity index (χ2v) is 5.37. The summed E-state index contributed by atoms with van der Waals surface area (Å²) in [6.07, 6.45) is 1.47. The van der Waals surface area contributed by atoms with Crippen LogP contribution in [0, 0.1) is 0 Å². The summed E-state index contributed by atoms with van der Waals surface area (Å²) in [7, 11) is -2.43. The average molecular weight is 185 g/mol. The highest BCUT2D eigenvalue weighted by Gasteiger charge is 2.18. The van der Waals surface area contributed by atoms with Crippen molar-refractivity contribution in [2.24, 2.45) is 0 Å². The van der Waals surface area contributed by atoms with E-state index in [2.05, 4.69) is 0 Å². The molecule has 0 aliphatic heterocycles. The Labute approximate surface area is 67.4 Å². The third kappa shape index (κ3) is 3.60. The molecular weight excluding hydrogens is 170 g/mol. The van der Waals surface area contributed by atoms with Gasteiger partial charge in [-0.25, -0.2) is 0 Å². The highest BCUT2D eigenvalue weighted by molar-refractivity contribution is 7.60. The fourth-order valence-electron chi connectivity index (χ4n) is 0.735. The summed E-state index contributed by atoms with van der Waals surface area (Å²) in [6.45, 7) is 4.29. The maximum absolute atomic E-state index is 11.4. The molecule has 0 saturated carbocycles. The lowest BCUT2D eigenvalue weighted by Gasteiger charge is -2.12. The lowest BCUT2D eigenvalue weighted by Crippen LogP contribution is -1.95. The molecule has 2 nitrogen and oxygen atoms in total. The zero-order valence-electron chi connectivity index (χ0n) is 6.47. The van der Waals surface area contributed by atoms with Gasteiger partial charge in [0.2, 0.25) is 7.37 Å². The molecule has 0 saturated heterocycles. The van der Waals surface area contributed by atoms with E-state index >= 15 is 0 Å². The Hall–Kier alpha value is 0.480.